The van der Waals surface area contributed by atoms with Crippen LogP contribution in [0.3, 0.4) is 0 Å². The van der Waals surface area contributed by atoms with Gasteiger partial charge in [-0.3, -0.25) is 0 Å². The zero-order valence-corrected chi connectivity index (χ0v) is 21.9. The molecule has 0 radical (unpaired) electrons. The summed E-state index contributed by atoms with van der Waals surface area (Å²) in [6.45, 7) is 19.7. The molecule has 1 nitrogen and oxygen atoms in total. The molecule has 0 bridgehead atoms. The maximum Gasteiger partial charge on any atom is 0.0569 e. The van der Waals surface area contributed by atoms with Gasteiger partial charge in [0, 0.05) is 0 Å². The molecule has 176 valence electrons. The van der Waals surface area contributed by atoms with Gasteiger partial charge in [-0.15, -0.1) is 0 Å². The van der Waals surface area contributed by atoms with E-state index in [2.05, 4.69) is 61.5 Å². The summed E-state index contributed by atoms with van der Waals surface area (Å²) in [5.41, 5.74) is 6.49. The van der Waals surface area contributed by atoms with Gasteiger partial charge in [0.15, 0.2) is 0 Å². The number of aliphatic hydroxyl groups excluding tert-OH is 1. The molecule has 0 spiro atoms. The smallest absolute Gasteiger partial charge is 0.0569 e. The molecule has 0 heterocycles. The van der Waals surface area contributed by atoms with Crippen LogP contribution >= 0.6 is 0 Å². The van der Waals surface area contributed by atoms with Gasteiger partial charge in [-0.2, -0.15) is 0 Å². The van der Waals surface area contributed by atoms with E-state index >= 15 is 0 Å². The van der Waals surface area contributed by atoms with Crippen molar-refractivity contribution < 1.29 is 5.11 Å². The lowest BCUT2D eigenvalue weighted by molar-refractivity contribution is -0.0410. The van der Waals surface area contributed by atoms with Gasteiger partial charge in [-0.1, -0.05) is 71.3 Å². The van der Waals surface area contributed by atoms with Gasteiger partial charge in [0.05, 0.1) is 6.10 Å². The van der Waals surface area contributed by atoms with Crippen LogP contribution < -0.4 is 0 Å². The van der Waals surface area contributed by atoms with Gasteiger partial charge in [0.1, 0.15) is 0 Å². The van der Waals surface area contributed by atoms with Crippen molar-refractivity contribution in [1.82, 2.24) is 0 Å². The van der Waals surface area contributed by atoms with E-state index in [1.807, 2.05) is 11.1 Å². The van der Waals surface area contributed by atoms with Crippen molar-refractivity contribution in [3.05, 3.63) is 22.8 Å². The predicted octanol–water partition coefficient (Wildman–Crippen LogP) is 8.34. The van der Waals surface area contributed by atoms with E-state index in [-0.39, 0.29) is 6.10 Å². The van der Waals surface area contributed by atoms with Gasteiger partial charge in [0.2, 0.25) is 0 Å². The highest BCUT2D eigenvalue weighted by Crippen LogP contribution is 2.71. The van der Waals surface area contributed by atoms with Crippen LogP contribution in [0, 0.1) is 45.8 Å². The van der Waals surface area contributed by atoms with Crippen molar-refractivity contribution >= 4 is 0 Å². The van der Waals surface area contributed by atoms with Crippen LogP contribution in [0.2, 0.25) is 0 Å². The molecule has 0 aromatic carbocycles. The van der Waals surface area contributed by atoms with E-state index in [1.165, 1.54) is 51.4 Å². The topological polar surface area (TPSA) is 20.2 Å². The molecule has 1 heteroatoms. The molecule has 8 atom stereocenters. The number of rotatable bonds is 4. The molecule has 0 aromatic heterocycles. The van der Waals surface area contributed by atoms with Gasteiger partial charge in [0.25, 0.3) is 0 Å². The third kappa shape index (κ3) is 3.43. The highest BCUT2D eigenvalue weighted by atomic mass is 16.3. The van der Waals surface area contributed by atoms with Crippen molar-refractivity contribution in [2.75, 3.05) is 0 Å². The predicted molar refractivity (Wildman–Crippen MR) is 133 cm³/mol. The van der Waals surface area contributed by atoms with E-state index in [1.54, 1.807) is 5.57 Å². The molecule has 1 N–H and O–H groups in total. The lowest BCUT2D eigenvalue weighted by Crippen LogP contribution is -2.51. The first-order valence-electron chi connectivity index (χ1n) is 13.5. The second kappa shape index (κ2) is 8.03. The summed E-state index contributed by atoms with van der Waals surface area (Å²) in [6, 6.07) is 0. The SMILES string of the molecule is CC(=CCC(C)C1CCC2(C)C3=C(CCC12C)C1(C)CCC(O)C(C)C1CC3)C(C)C. The number of aliphatic hydroxyl groups is 1. The molecule has 2 fully saturated rings. The largest absolute Gasteiger partial charge is 0.393 e. The van der Waals surface area contributed by atoms with Crippen LogP contribution in [0.15, 0.2) is 22.8 Å². The Morgan fingerprint density at radius 3 is 2.39 bits per heavy atom. The van der Waals surface area contributed by atoms with Crippen molar-refractivity contribution in [3.8, 4) is 0 Å². The average molecular weight is 427 g/mol. The maximum atomic E-state index is 10.6. The van der Waals surface area contributed by atoms with Crippen molar-refractivity contribution in [2.24, 2.45) is 45.8 Å². The fourth-order valence-corrected chi connectivity index (χ4v) is 9.02. The zero-order valence-electron chi connectivity index (χ0n) is 21.9. The molecule has 0 aliphatic heterocycles. The number of fused-ring (bicyclic) bond motifs is 4. The highest BCUT2D eigenvalue weighted by Gasteiger charge is 2.62. The van der Waals surface area contributed by atoms with Crippen molar-refractivity contribution in [3.63, 3.8) is 0 Å². The van der Waals surface area contributed by atoms with E-state index in [4.69, 9.17) is 0 Å². The summed E-state index contributed by atoms with van der Waals surface area (Å²) in [7, 11) is 0. The molecule has 4 aliphatic rings. The number of allylic oxidation sites excluding steroid dienone is 4. The van der Waals surface area contributed by atoms with Crippen LogP contribution in [0.4, 0.5) is 0 Å². The van der Waals surface area contributed by atoms with Gasteiger partial charge in [-0.05, 0) is 111 Å². The first-order valence-corrected chi connectivity index (χ1v) is 13.5. The van der Waals surface area contributed by atoms with Gasteiger partial charge in [-0.25, -0.2) is 0 Å². The zero-order chi connectivity index (χ0) is 22.8. The Morgan fingerprint density at radius 1 is 1.00 bits per heavy atom. The third-order valence-corrected chi connectivity index (χ3v) is 11.8. The van der Waals surface area contributed by atoms with E-state index in [0.29, 0.717) is 34.0 Å². The van der Waals surface area contributed by atoms with Crippen LogP contribution in [0.1, 0.15) is 113 Å². The van der Waals surface area contributed by atoms with Gasteiger partial charge >= 0.3 is 0 Å². The summed E-state index contributed by atoms with van der Waals surface area (Å²) in [5.74, 6) is 3.44. The molecular formula is C30H50O. The maximum absolute atomic E-state index is 10.6. The second-order valence-electron chi connectivity index (χ2n) is 13.2. The lowest BCUT2D eigenvalue weighted by Gasteiger charge is -2.60. The highest BCUT2D eigenvalue weighted by molar-refractivity contribution is 5.38. The van der Waals surface area contributed by atoms with E-state index in [9.17, 15) is 5.11 Å². The van der Waals surface area contributed by atoms with Crippen LogP contribution in [-0.4, -0.2) is 11.2 Å². The first kappa shape index (κ1) is 23.6. The van der Waals surface area contributed by atoms with Crippen LogP contribution in [0.5, 0.6) is 0 Å². The summed E-state index contributed by atoms with van der Waals surface area (Å²) in [6.07, 6.45) is 14.0. The Balaban J connectivity index is 1.63. The Hall–Kier alpha value is -0.560. The fraction of sp³-hybridized carbons (Fsp3) is 0.867. The minimum Gasteiger partial charge on any atom is -0.393 e. The standard InChI is InChI=1S/C30H50O/c1-19(2)20(3)9-10-21(4)23-13-17-30(8)26-12-11-24-22(5)27(31)15-16-28(24,6)25(26)14-18-29(23,30)7/h9,19,21-24,27,31H,10-18H2,1-8H3. The third-order valence-electron chi connectivity index (χ3n) is 11.8. The Morgan fingerprint density at radius 2 is 1.71 bits per heavy atom. The Bertz CT molecular complexity index is 758. The molecule has 31 heavy (non-hydrogen) atoms. The molecule has 2 saturated carbocycles. The fourth-order valence-electron chi connectivity index (χ4n) is 9.02. The normalized spacial score (nSPS) is 46.6. The number of hydrogen-bond acceptors (Lipinski definition) is 1. The summed E-state index contributed by atoms with van der Waals surface area (Å²) >= 11 is 0. The molecule has 4 rings (SSSR count). The van der Waals surface area contributed by atoms with E-state index in [0.717, 1.165) is 18.3 Å². The second-order valence-corrected chi connectivity index (χ2v) is 13.2. The minimum atomic E-state index is -0.0799. The quantitative estimate of drug-likeness (QED) is 0.448. The first-order chi connectivity index (χ1) is 14.5. The molecule has 4 aliphatic carbocycles. The molecule has 0 amide bonds. The van der Waals surface area contributed by atoms with Gasteiger partial charge < -0.3 is 5.11 Å². The monoisotopic (exact) mass is 426 g/mol. The number of hydrogen-bond donors (Lipinski definition) is 1. The summed E-state index contributed by atoms with van der Waals surface area (Å²) < 4.78 is 0. The Kier molecular flexibility index (Phi) is 6.11. The van der Waals surface area contributed by atoms with E-state index < -0.39 is 0 Å². The van der Waals surface area contributed by atoms with Crippen molar-refractivity contribution in [2.45, 2.75) is 119 Å². The molecular weight excluding hydrogens is 376 g/mol. The van der Waals surface area contributed by atoms with Crippen LogP contribution in [0.25, 0.3) is 0 Å². The molecule has 8 unspecified atom stereocenters. The average Bonchev–Trinajstić information content (AvgIpc) is 3.00. The lowest BCUT2D eigenvalue weighted by atomic mass is 9.45. The van der Waals surface area contributed by atoms with Crippen LogP contribution in [-0.2, 0) is 0 Å². The minimum absolute atomic E-state index is 0.0799. The molecule has 0 aromatic rings. The summed E-state index contributed by atoms with van der Waals surface area (Å²) in [4.78, 5) is 0. The Labute approximate surface area is 193 Å². The summed E-state index contributed by atoms with van der Waals surface area (Å²) in [5, 5.41) is 10.6. The molecule has 0 saturated heterocycles. The van der Waals surface area contributed by atoms with Crippen molar-refractivity contribution in [1.29, 1.82) is 0 Å².